The van der Waals surface area contributed by atoms with Crippen molar-refractivity contribution >= 4 is 23.5 Å². The van der Waals surface area contributed by atoms with Gasteiger partial charge in [0.2, 0.25) is 0 Å². The molecule has 3 aromatic rings. The molecule has 1 heterocycles. The van der Waals surface area contributed by atoms with Crippen LogP contribution >= 0.6 is 11.6 Å². The molecule has 3 rings (SSSR count). The molecule has 0 N–H and O–H groups in total. The predicted octanol–water partition coefficient (Wildman–Crippen LogP) is 5.64. The van der Waals surface area contributed by atoms with Gasteiger partial charge in [-0.25, -0.2) is 0 Å². The molecule has 0 aliphatic carbocycles. The fraction of sp³-hybridized carbons (Fsp3) is 0.0952. The lowest BCUT2D eigenvalue weighted by Crippen LogP contribution is -1.98. The Bertz CT molecular complexity index is 890. The van der Waals surface area contributed by atoms with Crippen molar-refractivity contribution in [2.45, 2.75) is 13.8 Å². The Balaban J connectivity index is 1.90. The molecule has 1 aromatic heterocycles. The van der Waals surface area contributed by atoms with Crippen LogP contribution in [0, 0.1) is 13.8 Å². The number of rotatable bonds is 4. The maximum absolute atomic E-state index is 12.2. The molecular formula is C21H18ClNO. The molecule has 3 heteroatoms. The molecule has 0 saturated carbocycles. The van der Waals surface area contributed by atoms with E-state index in [2.05, 4.69) is 17.6 Å². The SMILES string of the molecule is Cc1cc(/C=C/C(=O)c2ccccc2)c(C)n1-c1ccc(Cl)cc1. The molecule has 120 valence electrons. The number of benzene rings is 2. The van der Waals surface area contributed by atoms with Gasteiger partial charge in [-0.15, -0.1) is 0 Å². The topological polar surface area (TPSA) is 22.0 Å². The molecule has 0 aliphatic heterocycles. The molecular weight excluding hydrogens is 318 g/mol. The van der Waals surface area contributed by atoms with Crippen LogP contribution in [0.25, 0.3) is 11.8 Å². The van der Waals surface area contributed by atoms with Crippen molar-refractivity contribution in [3.8, 4) is 5.69 Å². The van der Waals surface area contributed by atoms with Gasteiger partial charge < -0.3 is 4.57 Å². The van der Waals surface area contributed by atoms with Crippen molar-refractivity contribution in [1.29, 1.82) is 0 Å². The lowest BCUT2D eigenvalue weighted by molar-refractivity contribution is 0.104. The van der Waals surface area contributed by atoms with Crippen molar-refractivity contribution in [1.82, 2.24) is 4.57 Å². The summed E-state index contributed by atoms with van der Waals surface area (Å²) in [5, 5.41) is 0.717. The molecule has 0 spiro atoms. The van der Waals surface area contributed by atoms with Crippen LogP contribution in [-0.4, -0.2) is 10.4 Å². The van der Waals surface area contributed by atoms with Gasteiger partial charge in [-0.3, -0.25) is 4.79 Å². The van der Waals surface area contributed by atoms with Crippen molar-refractivity contribution in [3.05, 3.63) is 94.3 Å². The number of nitrogens with zero attached hydrogens (tertiary/aromatic N) is 1. The minimum atomic E-state index is 0.00639. The lowest BCUT2D eigenvalue weighted by atomic mass is 10.1. The van der Waals surface area contributed by atoms with E-state index >= 15 is 0 Å². The maximum Gasteiger partial charge on any atom is 0.185 e. The number of aromatic nitrogens is 1. The van der Waals surface area contributed by atoms with Crippen LogP contribution in [0.15, 0.2) is 66.7 Å². The van der Waals surface area contributed by atoms with Gasteiger partial charge in [-0.05, 0) is 61.9 Å². The van der Waals surface area contributed by atoms with E-state index in [1.807, 2.05) is 67.6 Å². The minimum absolute atomic E-state index is 0.00639. The van der Waals surface area contributed by atoms with Crippen LogP contribution in [0.4, 0.5) is 0 Å². The van der Waals surface area contributed by atoms with Gasteiger partial charge in [0.05, 0.1) is 0 Å². The normalized spacial score (nSPS) is 11.1. The zero-order valence-electron chi connectivity index (χ0n) is 13.7. The number of hydrogen-bond acceptors (Lipinski definition) is 1. The molecule has 0 bridgehead atoms. The van der Waals surface area contributed by atoms with E-state index in [4.69, 9.17) is 11.6 Å². The van der Waals surface area contributed by atoms with Gasteiger partial charge in [0.25, 0.3) is 0 Å². The summed E-state index contributed by atoms with van der Waals surface area (Å²) in [5.41, 5.74) is 4.99. The van der Waals surface area contributed by atoms with E-state index in [0.29, 0.717) is 5.56 Å². The van der Waals surface area contributed by atoms with Crippen molar-refractivity contribution < 1.29 is 4.79 Å². The molecule has 2 nitrogen and oxygen atoms in total. The van der Waals surface area contributed by atoms with Crippen LogP contribution in [0.5, 0.6) is 0 Å². The summed E-state index contributed by atoms with van der Waals surface area (Å²) in [6.07, 6.45) is 3.51. The number of allylic oxidation sites excluding steroid dienone is 1. The molecule has 0 aliphatic rings. The third kappa shape index (κ3) is 3.34. The highest BCUT2D eigenvalue weighted by molar-refractivity contribution is 6.30. The van der Waals surface area contributed by atoms with Crippen molar-refractivity contribution in [3.63, 3.8) is 0 Å². The number of carbonyl (C=O) groups is 1. The van der Waals surface area contributed by atoms with Crippen LogP contribution < -0.4 is 0 Å². The number of hydrogen-bond donors (Lipinski definition) is 0. The van der Waals surface area contributed by atoms with E-state index in [1.165, 1.54) is 0 Å². The van der Waals surface area contributed by atoms with E-state index in [-0.39, 0.29) is 5.78 Å². The second-order valence-electron chi connectivity index (χ2n) is 5.70. The summed E-state index contributed by atoms with van der Waals surface area (Å²) in [7, 11) is 0. The fourth-order valence-corrected chi connectivity index (χ4v) is 2.93. The quantitative estimate of drug-likeness (QED) is 0.446. The monoisotopic (exact) mass is 335 g/mol. The molecule has 0 unspecified atom stereocenters. The van der Waals surface area contributed by atoms with Crippen LogP contribution in [0.1, 0.15) is 27.3 Å². The zero-order valence-corrected chi connectivity index (χ0v) is 14.4. The average molecular weight is 336 g/mol. The number of ketones is 1. The van der Waals surface area contributed by atoms with E-state index in [1.54, 1.807) is 6.08 Å². The third-order valence-electron chi connectivity index (χ3n) is 4.03. The third-order valence-corrected chi connectivity index (χ3v) is 4.28. The Morgan fingerprint density at radius 2 is 1.67 bits per heavy atom. The summed E-state index contributed by atoms with van der Waals surface area (Å²) in [4.78, 5) is 12.2. The first kappa shape index (κ1) is 16.3. The Morgan fingerprint density at radius 3 is 2.33 bits per heavy atom. The molecule has 24 heavy (non-hydrogen) atoms. The highest BCUT2D eigenvalue weighted by Gasteiger charge is 2.09. The molecule has 0 amide bonds. The lowest BCUT2D eigenvalue weighted by Gasteiger charge is -2.09. The van der Waals surface area contributed by atoms with Crippen molar-refractivity contribution in [2.24, 2.45) is 0 Å². The summed E-state index contributed by atoms with van der Waals surface area (Å²) in [6.45, 7) is 4.10. The number of aryl methyl sites for hydroxylation is 1. The Labute approximate surface area is 147 Å². The van der Waals surface area contributed by atoms with E-state index in [9.17, 15) is 4.79 Å². The molecule has 0 fully saturated rings. The highest BCUT2D eigenvalue weighted by Crippen LogP contribution is 2.23. The van der Waals surface area contributed by atoms with Gasteiger partial charge in [0.15, 0.2) is 5.78 Å². The maximum atomic E-state index is 12.2. The molecule has 0 radical (unpaired) electrons. The first-order valence-electron chi connectivity index (χ1n) is 7.78. The van der Waals surface area contributed by atoms with Crippen LogP contribution in [0.3, 0.4) is 0 Å². The van der Waals surface area contributed by atoms with Gasteiger partial charge in [0, 0.05) is 27.7 Å². The summed E-state index contributed by atoms with van der Waals surface area (Å²) >= 11 is 5.97. The van der Waals surface area contributed by atoms with Gasteiger partial charge in [0.1, 0.15) is 0 Å². The Hall–Kier alpha value is -2.58. The fourth-order valence-electron chi connectivity index (χ4n) is 2.81. The van der Waals surface area contributed by atoms with Crippen LogP contribution in [0.2, 0.25) is 5.02 Å². The smallest absolute Gasteiger partial charge is 0.185 e. The average Bonchev–Trinajstić information content (AvgIpc) is 2.88. The highest BCUT2D eigenvalue weighted by atomic mass is 35.5. The number of carbonyl (C=O) groups excluding carboxylic acids is 1. The summed E-state index contributed by atoms with van der Waals surface area (Å²) < 4.78 is 2.16. The second kappa shape index (κ2) is 6.90. The first-order valence-corrected chi connectivity index (χ1v) is 8.16. The van der Waals surface area contributed by atoms with Crippen molar-refractivity contribution in [2.75, 3.05) is 0 Å². The molecule has 0 saturated heterocycles. The Morgan fingerprint density at radius 1 is 1.00 bits per heavy atom. The zero-order chi connectivity index (χ0) is 17.1. The number of halogens is 1. The van der Waals surface area contributed by atoms with Gasteiger partial charge in [-0.1, -0.05) is 41.9 Å². The Kier molecular flexibility index (Phi) is 4.68. The summed E-state index contributed by atoms with van der Waals surface area (Å²) in [6, 6.07) is 19.1. The molecule has 0 atom stereocenters. The standard InChI is InChI=1S/C21H18ClNO/c1-15-14-18(8-13-21(24)17-6-4-3-5-7-17)16(2)23(15)20-11-9-19(22)10-12-20/h3-14H,1-2H3/b13-8+. The predicted molar refractivity (Wildman–Crippen MR) is 100 cm³/mol. The van der Waals surface area contributed by atoms with E-state index in [0.717, 1.165) is 27.7 Å². The van der Waals surface area contributed by atoms with Gasteiger partial charge in [-0.2, -0.15) is 0 Å². The van der Waals surface area contributed by atoms with E-state index < -0.39 is 0 Å². The summed E-state index contributed by atoms with van der Waals surface area (Å²) in [5.74, 6) is 0.00639. The largest absolute Gasteiger partial charge is 0.318 e. The molecule has 2 aromatic carbocycles. The minimum Gasteiger partial charge on any atom is -0.318 e. The van der Waals surface area contributed by atoms with Gasteiger partial charge >= 0.3 is 0 Å². The van der Waals surface area contributed by atoms with Crippen LogP contribution in [-0.2, 0) is 0 Å². The first-order chi connectivity index (χ1) is 11.6. The second-order valence-corrected chi connectivity index (χ2v) is 6.14.